The molecule has 2 amide bonds. The van der Waals surface area contributed by atoms with Crippen LogP contribution in [0.2, 0.25) is 0 Å². The minimum absolute atomic E-state index is 0.110. The molecule has 2 fully saturated rings. The number of carbonyl (C=O) groups excluding carboxylic acids is 1. The summed E-state index contributed by atoms with van der Waals surface area (Å²) in [5, 5.41) is 8.68. The van der Waals surface area contributed by atoms with Crippen LogP contribution in [-0.4, -0.2) is 53.1 Å². The molecule has 1 N–H and O–H groups in total. The summed E-state index contributed by atoms with van der Waals surface area (Å²) in [6.45, 7) is 2.95. The molecule has 0 saturated carbocycles. The number of likely N-dealkylation sites (tertiary alicyclic amines) is 2. The van der Waals surface area contributed by atoms with Gasteiger partial charge in [-0.1, -0.05) is 19.3 Å². The Morgan fingerprint density at radius 1 is 0.944 bits per heavy atom. The van der Waals surface area contributed by atoms with Crippen molar-refractivity contribution in [1.29, 1.82) is 0 Å². The van der Waals surface area contributed by atoms with E-state index in [1.165, 1.54) is 19.3 Å². The highest BCUT2D eigenvalue weighted by Gasteiger charge is 2.34. The zero-order chi connectivity index (χ0) is 13.0. The SMILES string of the molecule is O=C(O)CC1CN(C(=O)N2CCCCCCC2)C1. The maximum atomic E-state index is 12.2. The van der Waals surface area contributed by atoms with Gasteiger partial charge in [0.25, 0.3) is 0 Å². The van der Waals surface area contributed by atoms with Gasteiger partial charge in [0.15, 0.2) is 0 Å². The zero-order valence-corrected chi connectivity index (χ0v) is 10.8. The number of hydrogen-bond donors (Lipinski definition) is 1. The highest BCUT2D eigenvalue weighted by Crippen LogP contribution is 2.21. The molecule has 2 heterocycles. The molecular weight excluding hydrogens is 232 g/mol. The summed E-state index contributed by atoms with van der Waals surface area (Å²) < 4.78 is 0. The van der Waals surface area contributed by atoms with E-state index in [1.807, 2.05) is 4.90 Å². The Bertz CT molecular complexity index is 305. The van der Waals surface area contributed by atoms with Crippen molar-refractivity contribution >= 4 is 12.0 Å². The fourth-order valence-electron chi connectivity index (χ4n) is 2.74. The van der Waals surface area contributed by atoms with E-state index in [9.17, 15) is 9.59 Å². The summed E-state index contributed by atoms with van der Waals surface area (Å²) >= 11 is 0. The van der Waals surface area contributed by atoms with Crippen LogP contribution < -0.4 is 0 Å². The molecule has 0 aromatic rings. The highest BCUT2D eigenvalue weighted by atomic mass is 16.4. The smallest absolute Gasteiger partial charge is 0.320 e. The van der Waals surface area contributed by atoms with Gasteiger partial charge in [0.1, 0.15) is 0 Å². The third-order valence-electron chi connectivity index (χ3n) is 3.82. The third-order valence-corrected chi connectivity index (χ3v) is 3.82. The summed E-state index contributed by atoms with van der Waals surface area (Å²) in [4.78, 5) is 26.5. The fourth-order valence-corrected chi connectivity index (χ4v) is 2.74. The van der Waals surface area contributed by atoms with Crippen LogP contribution in [0.25, 0.3) is 0 Å². The predicted molar refractivity (Wildman–Crippen MR) is 67.4 cm³/mol. The monoisotopic (exact) mass is 254 g/mol. The summed E-state index contributed by atoms with van der Waals surface area (Å²) in [6, 6.07) is 0.110. The van der Waals surface area contributed by atoms with Gasteiger partial charge < -0.3 is 14.9 Å². The van der Waals surface area contributed by atoms with E-state index < -0.39 is 5.97 Å². The molecular formula is C13H22N2O3. The zero-order valence-electron chi connectivity index (χ0n) is 10.8. The first-order chi connectivity index (χ1) is 8.66. The molecule has 5 heteroatoms. The van der Waals surface area contributed by atoms with Crippen LogP contribution in [0.1, 0.15) is 38.5 Å². The van der Waals surface area contributed by atoms with Gasteiger partial charge in [-0.2, -0.15) is 0 Å². The van der Waals surface area contributed by atoms with E-state index in [1.54, 1.807) is 4.90 Å². The molecule has 5 nitrogen and oxygen atoms in total. The first-order valence-electron chi connectivity index (χ1n) is 6.92. The maximum Gasteiger partial charge on any atom is 0.320 e. The standard InChI is InChI=1S/C13H22N2O3/c16-12(17)8-11-9-15(10-11)13(18)14-6-4-2-1-3-5-7-14/h11H,1-10H2,(H,16,17). The summed E-state index contributed by atoms with van der Waals surface area (Å²) in [7, 11) is 0. The van der Waals surface area contributed by atoms with Crippen molar-refractivity contribution in [3.63, 3.8) is 0 Å². The topological polar surface area (TPSA) is 60.9 Å². The van der Waals surface area contributed by atoms with Crippen LogP contribution in [-0.2, 0) is 4.79 Å². The largest absolute Gasteiger partial charge is 0.481 e. The molecule has 102 valence electrons. The number of aliphatic carboxylic acids is 1. The van der Waals surface area contributed by atoms with E-state index in [0.29, 0.717) is 13.1 Å². The molecule has 0 unspecified atom stereocenters. The summed E-state index contributed by atoms with van der Waals surface area (Å²) in [5.41, 5.74) is 0. The third kappa shape index (κ3) is 3.37. The van der Waals surface area contributed by atoms with E-state index >= 15 is 0 Å². The molecule has 0 atom stereocenters. The number of carbonyl (C=O) groups is 2. The summed E-state index contributed by atoms with van der Waals surface area (Å²) in [5.74, 6) is -0.612. The van der Waals surface area contributed by atoms with E-state index in [4.69, 9.17) is 5.11 Å². The number of carboxylic acid groups (broad SMARTS) is 1. The Balaban J connectivity index is 1.75. The lowest BCUT2D eigenvalue weighted by Gasteiger charge is -2.41. The molecule has 18 heavy (non-hydrogen) atoms. The number of hydrogen-bond acceptors (Lipinski definition) is 2. The number of amides is 2. The molecule has 2 aliphatic heterocycles. The molecule has 0 aromatic carbocycles. The van der Waals surface area contributed by atoms with Gasteiger partial charge in [0.05, 0.1) is 6.42 Å². The molecule has 0 bridgehead atoms. The van der Waals surface area contributed by atoms with Crippen LogP contribution in [0.5, 0.6) is 0 Å². The van der Waals surface area contributed by atoms with Gasteiger partial charge in [-0.15, -0.1) is 0 Å². The molecule has 0 spiro atoms. The van der Waals surface area contributed by atoms with Crippen molar-refractivity contribution < 1.29 is 14.7 Å². The second kappa shape index (κ2) is 6.07. The second-order valence-corrected chi connectivity index (χ2v) is 5.41. The second-order valence-electron chi connectivity index (χ2n) is 5.41. The number of urea groups is 1. The van der Waals surface area contributed by atoms with Crippen LogP contribution in [0.4, 0.5) is 4.79 Å². The van der Waals surface area contributed by atoms with E-state index in [0.717, 1.165) is 25.9 Å². The molecule has 2 saturated heterocycles. The van der Waals surface area contributed by atoms with Gasteiger partial charge in [-0.25, -0.2) is 4.79 Å². The first kappa shape index (κ1) is 13.2. The lowest BCUT2D eigenvalue weighted by atomic mass is 9.97. The number of carboxylic acids is 1. The first-order valence-corrected chi connectivity index (χ1v) is 6.92. The minimum Gasteiger partial charge on any atom is -0.481 e. The predicted octanol–water partition coefficient (Wildman–Crippen LogP) is 1.78. The van der Waals surface area contributed by atoms with E-state index in [-0.39, 0.29) is 18.4 Å². The number of nitrogens with zero attached hydrogens (tertiary/aromatic N) is 2. The molecule has 2 rings (SSSR count). The van der Waals surface area contributed by atoms with Gasteiger partial charge in [-0.3, -0.25) is 4.79 Å². The maximum absolute atomic E-state index is 12.2. The van der Waals surface area contributed by atoms with Gasteiger partial charge in [-0.05, 0) is 12.8 Å². The molecule has 0 radical (unpaired) electrons. The fraction of sp³-hybridized carbons (Fsp3) is 0.846. The van der Waals surface area contributed by atoms with Crippen LogP contribution in [0.3, 0.4) is 0 Å². The Hall–Kier alpha value is -1.26. The van der Waals surface area contributed by atoms with Crippen LogP contribution >= 0.6 is 0 Å². The average Bonchev–Trinajstić information content (AvgIpc) is 2.21. The van der Waals surface area contributed by atoms with Crippen molar-refractivity contribution in [3.05, 3.63) is 0 Å². The number of rotatable bonds is 2. The van der Waals surface area contributed by atoms with Crippen molar-refractivity contribution in [3.8, 4) is 0 Å². The molecule has 2 aliphatic rings. The van der Waals surface area contributed by atoms with Crippen LogP contribution in [0.15, 0.2) is 0 Å². The van der Waals surface area contributed by atoms with Gasteiger partial charge in [0.2, 0.25) is 0 Å². The quantitative estimate of drug-likeness (QED) is 0.817. The van der Waals surface area contributed by atoms with Crippen molar-refractivity contribution in [2.75, 3.05) is 26.2 Å². The van der Waals surface area contributed by atoms with E-state index in [2.05, 4.69) is 0 Å². The minimum atomic E-state index is -0.765. The Kier molecular flexibility index (Phi) is 4.44. The van der Waals surface area contributed by atoms with Gasteiger partial charge >= 0.3 is 12.0 Å². The van der Waals surface area contributed by atoms with Crippen molar-refractivity contribution in [2.45, 2.75) is 38.5 Å². The van der Waals surface area contributed by atoms with Crippen molar-refractivity contribution in [2.24, 2.45) is 5.92 Å². The Morgan fingerprint density at radius 2 is 1.50 bits per heavy atom. The molecule has 0 aliphatic carbocycles. The van der Waals surface area contributed by atoms with Crippen LogP contribution in [0, 0.1) is 5.92 Å². The highest BCUT2D eigenvalue weighted by molar-refractivity contribution is 5.76. The lowest BCUT2D eigenvalue weighted by Crippen LogP contribution is -2.55. The average molecular weight is 254 g/mol. The molecule has 0 aromatic heterocycles. The normalized spacial score (nSPS) is 22.0. The van der Waals surface area contributed by atoms with Crippen molar-refractivity contribution in [1.82, 2.24) is 9.80 Å². The Labute approximate surface area is 108 Å². The van der Waals surface area contributed by atoms with Gasteiger partial charge in [0, 0.05) is 32.1 Å². The summed E-state index contributed by atoms with van der Waals surface area (Å²) in [6.07, 6.45) is 6.09. The lowest BCUT2D eigenvalue weighted by molar-refractivity contribution is -0.139. The Morgan fingerprint density at radius 3 is 2.06 bits per heavy atom.